The van der Waals surface area contributed by atoms with Gasteiger partial charge in [0.2, 0.25) is 0 Å². The van der Waals surface area contributed by atoms with Crippen molar-refractivity contribution in [2.45, 2.75) is 219 Å². The van der Waals surface area contributed by atoms with Gasteiger partial charge >= 0.3 is 11.9 Å². The second kappa shape index (κ2) is 32.5. The Labute approximate surface area is 250 Å². The highest BCUT2D eigenvalue weighted by atomic mass is 16.5. The van der Waals surface area contributed by atoms with Gasteiger partial charge in [0.1, 0.15) is 6.10 Å². The molecule has 40 heavy (non-hydrogen) atoms. The third kappa shape index (κ3) is 31.5. The molecule has 238 valence electrons. The van der Waals surface area contributed by atoms with E-state index in [-0.39, 0.29) is 12.1 Å². The van der Waals surface area contributed by atoms with Crippen LogP contribution in [0, 0.1) is 0 Å². The Morgan fingerprint density at radius 3 is 1.10 bits per heavy atom. The third-order valence-electron chi connectivity index (χ3n) is 8.33. The van der Waals surface area contributed by atoms with Crippen molar-refractivity contribution in [2.75, 3.05) is 0 Å². The molecule has 0 amide bonds. The molecule has 0 fully saturated rings. The molecule has 0 aromatic carbocycles. The number of hydrogen-bond acceptors (Lipinski definition) is 3. The Morgan fingerprint density at radius 2 is 0.750 bits per heavy atom. The molecule has 0 saturated heterocycles. The van der Waals surface area contributed by atoms with Crippen molar-refractivity contribution in [3.8, 4) is 0 Å². The fourth-order valence-electron chi connectivity index (χ4n) is 5.66. The lowest BCUT2D eigenvalue weighted by Gasteiger charge is -2.18. The number of carboxylic acid groups (broad SMARTS) is 1. The highest BCUT2D eigenvalue weighted by Crippen LogP contribution is 2.19. The number of hydrogen-bond donors (Lipinski definition) is 1. The fraction of sp³-hybridized carbons (Fsp3) is 0.944. The summed E-state index contributed by atoms with van der Waals surface area (Å²) in [6.45, 7) is 4.54. The van der Waals surface area contributed by atoms with Crippen LogP contribution in [0.2, 0.25) is 0 Å². The molecule has 0 heterocycles. The summed E-state index contributed by atoms with van der Waals surface area (Å²) < 4.78 is 5.99. The van der Waals surface area contributed by atoms with Gasteiger partial charge in [0.15, 0.2) is 0 Å². The van der Waals surface area contributed by atoms with E-state index in [1.165, 1.54) is 135 Å². The molecule has 0 spiro atoms. The molecule has 0 aromatic rings. The molecular weight excluding hydrogens is 496 g/mol. The first-order valence-corrected chi connectivity index (χ1v) is 18.0. The Hall–Kier alpha value is -1.06. The number of ether oxygens (including phenoxy) is 1. The molecule has 0 radical (unpaired) electrons. The monoisotopic (exact) mass is 567 g/mol. The molecule has 0 aromatic heterocycles. The summed E-state index contributed by atoms with van der Waals surface area (Å²) >= 11 is 0. The summed E-state index contributed by atoms with van der Waals surface area (Å²) in [4.78, 5) is 23.2. The lowest BCUT2D eigenvalue weighted by molar-refractivity contribution is -0.150. The maximum absolute atomic E-state index is 12.6. The normalized spacial score (nSPS) is 12.1. The van der Waals surface area contributed by atoms with Crippen molar-refractivity contribution < 1.29 is 19.4 Å². The van der Waals surface area contributed by atoms with E-state index in [9.17, 15) is 9.59 Å². The predicted molar refractivity (Wildman–Crippen MR) is 172 cm³/mol. The van der Waals surface area contributed by atoms with Crippen LogP contribution in [0.3, 0.4) is 0 Å². The molecule has 0 aliphatic heterocycles. The quantitative estimate of drug-likeness (QED) is 0.0633. The van der Waals surface area contributed by atoms with Gasteiger partial charge in [-0.25, -0.2) is 0 Å². The van der Waals surface area contributed by atoms with E-state index < -0.39 is 5.97 Å². The molecule has 1 N–H and O–H groups in total. The number of carbonyl (C=O) groups is 2. The Kier molecular flexibility index (Phi) is 31.6. The second-order valence-electron chi connectivity index (χ2n) is 12.4. The summed E-state index contributed by atoms with van der Waals surface area (Å²) in [6.07, 6.45) is 36.9. The van der Waals surface area contributed by atoms with Gasteiger partial charge in [0.25, 0.3) is 0 Å². The molecule has 4 nitrogen and oxygen atoms in total. The average molecular weight is 567 g/mol. The topological polar surface area (TPSA) is 63.6 Å². The summed E-state index contributed by atoms with van der Waals surface area (Å²) in [6, 6.07) is 0. The molecule has 0 saturated carbocycles. The standard InChI is InChI=1S/C36H70O4/c1-3-5-7-9-11-12-13-14-15-16-21-25-29-33-36(39)40-34(30-26-22-18-10-8-6-4-2)31-27-23-19-17-20-24-28-32-35(37)38/h34H,3-33H2,1-2H3,(H,37,38). The smallest absolute Gasteiger partial charge is 0.306 e. The lowest BCUT2D eigenvalue weighted by Crippen LogP contribution is -2.18. The Balaban J connectivity index is 3.96. The average Bonchev–Trinajstić information content (AvgIpc) is 2.93. The van der Waals surface area contributed by atoms with Crippen molar-refractivity contribution in [3.63, 3.8) is 0 Å². The van der Waals surface area contributed by atoms with Gasteiger partial charge in [-0.2, -0.15) is 0 Å². The van der Waals surface area contributed by atoms with Crippen LogP contribution in [0.25, 0.3) is 0 Å². The second-order valence-corrected chi connectivity index (χ2v) is 12.4. The molecule has 0 aliphatic carbocycles. The number of unbranched alkanes of at least 4 members (excludes halogenated alkanes) is 24. The van der Waals surface area contributed by atoms with Gasteiger partial charge in [-0.3, -0.25) is 9.59 Å². The fourth-order valence-corrected chi connectivity index (χ4v) is 5.66. The maximum Gasteiger partial charge on any atom is 0.306 e. The van der Waals surface area contributed by atoms with Gasteiger partial charge in [0.05, 0.1) is 0 Å². The van der Waals surface area contributed by atoms with Crippen molar-refractivity contribution in [2.24, 2.45) is 0 Å². The number of esters is 1. The van der Waals surface area contributed by atoms with Crippen molar-refractivity contribution in [1.29, 1.82) is 0 Å². The predicted octanol–water partition coefficient (Wildman–Crippen LogP) is 12.1. The number of carbonyl (C=O) groups excluding carboxylic acids is 1. The highest BCUT2D eigenvalue weighted by Gasteiger charge is 2.14. The zero-order valence-corrected chi connectivity index (χ0v) is 27.2. The van der Waals surface area contributed by atoms with Gasteiger partial charge in [0, 0.05) is 12.8 Å². The first kappa shape index (κ1) is 38.9. The van der Waals surface area contributed by atoms with E-state index in [4.69, 9.17) is 9.84 Å². The zero-order valence-electron chi connectivity index (χ0n) is 27.2. The van der Waals surface area contributed by atoms with Crippen molar-refractivity contribution in [3.05, 3.63) is 0 Å². The SMILES string of the molecule is CCCCCCCCCCCCCCCC(=O)OC(CCCCCCCCC)CCCCCCCCCC(=O)O. The zero-order chi connectivity index (χ0) is 29.4. The summed E-state index contributed by atoms with van der Waals surface area (Å²) in [5, 5.41) is 8.73. The van der Waals surface area contributed by atoms with E-state index in [1.807, 2.05) is 0 Å². The van der Waals surface area contributed by atoms with Gasteiger partial charge in [-0.1, -0.05) is 162 Å². The molecule has 1 atom stereocenters. The van der Waals surface area contributed by atoms with Gasteiger partial charge < -0.3 is 9.84 Å². The van der Waals surface area contributed by atoms with Crippen molar-refractivity contribution in [1.82, 2.24) is 0 Å². The number of aliphatic carboxylic acids is 1. The van der Waals surface area contributed by atoms with Crippen molar-refractivity contribution >= 4 is 11.9 Å². The van der Waals surface area contributed by atoms with Gasteiger partial charge in [-0.05, 0) is 38.5 Å². The minimum atomic E-state index is -0.685. The van der Waals surface area contributed by atoms with Crippen LogP contribution >= 0.6 is 0 Å². The summed E-state index contributed by atoms with van der Waals surface area (Å²) in [5.41, 5.74) is 0. The maximum atomic E-state index is 12.6. The molecule has 0 rings (SSSR count). The lowest BCUT2D eigenvalue weighted by atomic mass is 10.0. The minimum Gasteiger partial charge on any atom is -0.481 e. The van der Waals surface area contributed by atoms with E-state index in [2.05, 4.69) is 13.8 Å². The van der Waals surface area contributed by atoms with Crippen LogP contribution in [-0.2, 0) is 14.3 Å². The van der Waals surface area contributed by atoms with E-state index >= 15 is 0 Å². The third-order valence-corrected chi connectivity index (χ3v) is 8.33. The molecule has 0 aliphatic rings. The number of rotatable bonds is 33. The Morgan fingerprint density at radius 1 is 0.450 bits per heavy atom. The largest absolute Gasteiger partial charge is 0.481 e. The van der Waals surface area contributed by atoms with Crippen LogP contribution < -0.4 is 0 Å². The van der Waals surface area contributed by atoms with Crippen LogP contribution in [0.1, 0.15) is 213 Å². The van der Waals surface area contributed by atoms with E-state index in [0.717, 1.165) is 51.4 Å². The summed E-state index contributed by atoms with van der Waals surface area (Å²) in [7, 11) is 0. The molecule has 1 unspecified atom stereocenters. The van der Waals surface area contributed by atoms with Gasteiger partial charge in [-0.15, -0.1) is 0 Å². The van der Waals surface area contributed by atoms with Crippen LogP contribution in [0.5, 0.6) is 0 Å². The van der Waals surface area contributed by atoms with Crippen LogP contribution in [0.15, 0.2) is 0 Å². The molecular formula is C36H70O4. The molecule has 0 bridgehead atoms. The summed E-state index contributed by atoms with van der Waals surface area (Å²) in [5.74, 6) is -0.662. The van der Waals surface area contributed by atoms with Crippen LogP contribution in [-0.4, -0.2) is 23.1 Å². The first-order chi connectivity index (χ1) is 19.6. The van der Waals surface area contributed by atoms with Crippen LogP contribution in [0.4, 0.5) is 0 Å². The first-order valence-electron chi connectivity index (χ1n) is 18.0. The Bertz CT molecular complexity index is 533. The van der Waals surface area contributed by atoms with E-state index in [1.54, 1.807) is 0 Å². The highest BCUT2D eigenvalue weighted by molar-refractivity contribution is 5.69. The molecule has 4 heteroatoms. The number of carboxylic acids is 1. The minimum absolute atomic E-state index is 0.0226. The van der Waals surface area contributed by atoms with E-state index in [0.29, 0.717) is 12.8 Å².